The van der Waals surface area contributed by atoms with Crippen LogP contribution in [-0.4, -0.2) is 67.7 Å². The Morgan fingerprint density at radius 3 is 2.53 bits per heavy atom. The quantitative estimate of drug-likeness (QED) is 0.640. The van der Waals surface area contributed by atoms with Crippen LogP contribution in [0.25, 0.3) is 5.52 Å². The van der Waals surface area contributed by atoms with Crippen molar-refractivity contribution in [2.45, 2.75) is 11.2 Å². The first-order valence-electron chi connectivity index (χ1n) is 9.77. The summed E-state index contributed by atoms with van der Waals surface area (Å²) in [7, 11) is -3.58. The summed E-state index contributed by atoms with van der Waals surface area (Å²) in [4.78, 5) is 19.4. The minimum absolute atomic E-state index is 0.0118. The van der Waals surface area contributed by atoms with Gasteiger partial charge >= 0.3 is 0 Å². The number of pyridine rings is 1. The van der Waals surface area contributed by atoms with Crippen LogP contribution in [0.3, 0.4) is 0 Å². The molecule has 158 valence electrons. The Hall–Kier alpha value is -2.75. The molecule has 0 bridgehead atoms. The highest BCUT2D eigenvalue weighted by atomic mass is 32.2. The molecule has 0 saturated carbocycles. The first-order chi connectivity index (χ1) is 14.4. The lowest BCUT2D eigenvalue weighted by Gasteiger charge is -2.34. The number of carbonyl (C=O) groups excluding carboxylic acids is 1. The number of carbonyl (C=O) groups is 1. The molecule has 1 aliphatic heterocycles. The molecule has 1 atom stereocenters. The van der Waals surface area contributed by atoms with Crippen LogP contribution in [0.2, 0.25) is 0 Å². The number of hydrogen-bond acceptors (Lipinski definition) is 6. The molecule has 3 heterocycles. The van der Waals surface area contributed by atoms with Gasteiger partial charge in [0, 0.05) is 32.1 Å². The number of benzene rings is 1. The Morgan fingerprint density at radius 2 is 1.83 bits per heavy atom. The standard InChI is InChI=1S/C21H24N4O4S/c1-30(27,28)21-23-19(17-9-5-6-10-25(17)21)20(26)22-15-18(16-7-3-2-4-8-16)24-11-13-29-14-12-24/h2-10,18H,11-15H2,1H3,(H,22,26). The van der Waals surface area contributed by atoms with E-state index in [4.69, 9.17) is 4.74 Å². The third-order valence-electron chi connectivity index (χ3n) is 5.19. The van der Waals surface area contributed by atoms with Crippen LogP contribution in [-0.2, 0) is 14.6 Å². The monoisotopic (exact) mass is 428 g/mol. The second-order valence-electron chi connectivity index (χ2n) is 7.26. The van der Waals surface area contributed by atoms with E-state index in [-0.39, 0.29) is 16.9 Å². The minimum atomic E-state index is -3.58. The zero-order chi connectivity index (χ0) is 21.1. The summed E-state index contributed by atoms with van der Waals surface area (Å²) in [6.07, 6.45) is 2.68. The van der Waals surface area contributed by atoms with Gasteiger partial charge in [-0.2, -0.15) is 0 Å². The van der Waals surface area contributed by atoms with E-state index in [1.165, 1.54) is 4.40 Å². The van der Waals surface area contributed by atoms with Crippen LogP contribution in [0.5, 0.6) is 0 Å². The van der Waals surface area contributed by atoms with Crippen molar-refractivity contribution in [2.75, 3.05) is 39.1 Å². The Bertz CT molecular complexity index is 1140. The molecule has 1 amide bonds. The van der Waals surface area contributed by atoms with Gasteiger partial charge in [0.2, 0.25) is 15.0 Å². The summed E-state index contributed by atoms with van der Waals surface area (Å²) in [5, 5.41) is 2.82. The van der Waals surface area contributed by atoms with Gasteiger partial charge in [-0.3, -0.25) is 14.1 Å². The van der Waals surface area contributed by atoms with Crippen molar-refractivity contribution >= 4 is 21.3 Å². The zero-order valence-corrected chi connectivity index (χ0v) is 17.5. The smallest absolute Gasteiger partial charge is 0.272 e. The van der Waals surface area contributed by atoms with E-state index in [1.807, 2.05) is 30.3 Å². The lowest BCUT2D eigenvalue weighted by Crippen LogP contribution is -2.43. The number of hydrogen-bond donors (Lipinski definition) is 1. The van der Waals surface area contributed by atoms with Crippen molar-refractivity contribution in [3.8, 4) is 0 Å². The lowest BCUT2D eigenvalue weighted by atomic mass is 10.0. The van der Waals surface area contributed by atoms with Crippen molar-refractivity contribution in [2.24, 2.45) is 0 Å². The number of sulfone groups is 1. The van der Waals surface area contributed by atoms with E-state index >= 15 is 0 Å². The van der Waals surface area contributed by atoms with Crippen LogP contribution in [0.15, 0.2) is 59.9 Å². The molecular weight excluding hydrogens is 404 g/mol. The summed E-state index contributed by atoms with van der Waals surface area (Å²) in [5.41, 5.74) is 1.66. The fourth-order valence-corrected chi connectivity index (χ4v) is 4.51. The van der Waals surface area contributed by atoms with E-state index in [1.54, 1.807) is 24.4 Å². The number of nitrogens with one attached hydrogen (secondary N) is 1. The first-order valence-corrected chi connectivity index (χ1v) is 11.7. The largest absolute Gasteiger partial charge is 0.379 e. The minimum Gasteiger partial charge on any atom is -0.379 e. The maximum Gasteiger partial charge on any atom is 0.272 e. The molecule has 2 aromatic heterocycles. The van der Waals surface area contributed by atoms with Crippen LogP contribution >= 0.6 is 0 Å². The van der Waals surface area contributed by atoms with Crippen molar-refractivity contribution in [3.63, 3.8) is 0 Å². The first kappa shape index (κ1) is 20.5. The number of nitrogens with zero attached hydrogens (tertiary/aromatic N) is 3. The fourth-order valence-electron chi connectivity index (χ4n) is 3.73. The van der Waals surface area contributed by atoms with Crippen LogP contribution in [0.1, 0.15) is 22.1 Å². The van der Waals surface area contributed by atoms with Gasteiger partial charge in [-0.05, 0) is 17.7 Å². The highest BCUT2D eigenvalue weighted by molar-refractivity contribution is 7.90. The van der Waals surface area contributed by atoms with Gasteiger partial charge in [-0.15, -0.1) is 0 Å². The van der Waals surface area contributed by atoms with E-state index in [0.717, 1.165) is 24.9 Å². The second-order valence-corrected chi connectivity index (χ2v) is 9.17. The van der Waals surface area contributed by atoms with Gasteiger partial charge in [0.1, 0.15) is 0 Å². The van der Waals surface area contributed by atoms with E-state index < -0.39 is 15.7 Å². The summed E-state index contributed by atoms with van der Waals surface area (Å²) in [5.74, 6) is -0.400. The predicted molar refractivity (Wildman–Crippen MR) is 112 cm³/mol. The molecule has 1 unspecified atom stereocenters. The van der Waals surface area contributed by atoms with Gasteiger partial charge in [0.25, 0.3) is 5.91 Å². The molecule has 9 heteroatoms. The van der Waals surface area contributed by atoms with Crippen molar-refractivity contribution in [1.29, 1.82) is 0 Å². The Kier molecular flexibility index (Phi) is 5.85. The Labute approximate surface area is 175 Å². The number of ether oxygens (including phenoxy) is 1. The van der Waals surface area contributed by atoms with Gasteiger partial charge in [0.15, 0.2) is 5.69 Å². The number of rotatable bonds is 6. The molecule has 4 rings (SSSR count). The van der Waals surface area contributed by atoms with Gasteiger partial charge in [-0.25, -0.2) is 13.4 Å². The molecule has 1 saturated heterocycles. The van der Waals surface area contributed by atoms with Crippen molar-refractivity contribution in [1.82, 2.24) is 19.6 Å². The Morgan fingerprint density at radius 1 is 1.13 bits per heavy atom. The topological polar surface area (TPSA) is 93.0 Å². The van der Waals surface area contributed by atoms with Crippen LogP contribution in [0.4, 0.5) is 0 Å². The molecular formula is C21H24N4O4S. The second kappa shape index (κ2) is 8.55. The summed E-state index contributed by atoms with van der Waals surface area (Å²) in [6.45, 7) is 3.24. The summed E-state index contributed by atoms with van der Waals surface area (Å²) >= 11 is 0. The normalized spacial score (nSPS) is 16.4. The molecule has 0 aliphatic carbocycles. The molecule has 1 aliphatic rings. The molecule has 8 nitrogen and oxygen atoms in total. The number of fused-ring (bicyclic) bond motifs is 1. The zero-order valence-electron chi connectivity index (χ0n) is 16.7. The molecule has 0 radical (unpaired) electrons. The SMILES string of the molecule is CS(=O)(=O)c1nc(C(=O)NCC(c2ccccc2)N2CCOCC2)c2ccccn12. The van der Waals surface area contributed by atoms with Crippen molar-refractivity contribution < 1.29 is 17.9 Å². The van der Waals surface area contributed by atoms with Gasteiger partial charge in [0.05, 0.1) is 24.8 Å². The van der Waals surface area contributed by atoms with E-state index in [2.05, 4.69) is 15.2 Å². The lowest BCUT2D eigenvalue weighted by molar-refractivity contribution is 0.0162. The average Bonchev–Trinajstić information content (AvgIpc) is 3.16. The summed E-state index contributed by atoms with van der Waals surface area (Å²) < 4.78 is 31.1. The maximum absolute atomic E-state index is 13.0. The van der Waals surface area contributed by atoms with Crippen LogP contribution in [0, 0.1) is 0 Å². The van der Waals surface area contributed by atoms with E-state index in [9.17, 15) is 13.2 Å². The third kappa shape index (κ3) is 4.23. The molecule has 1 N–H and O–H groups in total. The van der Waals surface area contributed by atoms with Crippen LogP contribution < -0.4 is 5.32 Å². The predicted octanol–water partition coefficient (Wildman–Crippen LogP) is 1.54. The van der Waals surface area contributed by atoms with Gasteiger partial charge < -0.3 is 10.1 Å². The van der Waals surface area contributed by atoms with E-state index in [0.29, 0.717) is 25.3 Å². The Balaban J connectivity index is 1.60. The number of aromatic nitrogens is 2. The molecule has 1 fully saturated rings. The molecule has 0 spiro atoms. The summed E-state index contributed by atoms with van der Waals surface area (Å²) in [6, 6.07) is 15.1. The number of morpholine rings is 1. The fraction of sp³-hybridized carbons (Fsp3) is 0.333. The third-order valence-corrected chi connectivity index (χ3v) is 6.14. The molecule has 3 aromatic rings. The van der Waals surface area contributed by atoms with Gasteiger partial charge in [-0.1, -0.05) is 36.4 Å². The number of amides is 1. The molecule has 1 aromatic carbocycles. The average molecular weight is 429 g/mol. The highest BCUT2D eigenvalue weighted by Gasteiger charge is 2.26. The maximum atomic E-state index is 13.0. The molecule has 30 heavy (non-hydrogen) atoms. The highest BCUT2D eigenvalue weighted by Crippen LogP contribution is 2.22. The number of imidazole rings is 1. The van der Waals surface area contributed by atoms with Crippen molar-refractivity contribution in [3.05, 3.63) is 66.0 Å².